The molecule has 1 aliphatic carbocycles. The van der Waals surface area contributed by atoms with Crippen molar-refractivity contribution in [3.8, 4) is 0 Å². The summed E-state index contributed by atoms with van der Waals surface area (Å²) in [5.74, 6) is 0. The summed E-state index contributed by atoms with van der Waals surface area (Å²) in [7, 11) is 0. The summed E-state index contributed by atoms with van der Waals surface area (Å²) in [6.45, 7) is 0.216. The van der Waals surface area contributed by atoms with Gasteiger partial charge in [0.1, 0.15) is 0 Å². The number of hydrogen-bond acceptors (Lipinski definition) is 2. The number of nitrogens with one attached hydrogen (secondary N) is 2. The summed E-state index contributed by atoms with van der Waals surface area (Å²) in [6, 6.07) is 0. The first kappa shape index (κ1) is 15.0. The molecule has 0 heterocycles. The zero-order valence-electron chi connectivity index (χ0n) is 9.68. The molecule has 0 aliphatic heterocycles. The van der Waals surface area contributed by atoms with Gasteiger partial charge in [-0.25, -0.2) is 0 Å². The molecule has 0 bridgehead atoms. The van der Waals surface area contributed by atoms with E-state index in [0.29, 0.717) is 12.8 Å². The van der Waals surface area contributed by atoms with Gasteiger partial charge in [-0.05, 0) is 30.6 Å². The van der Waals surface area contributed by atoms with Crippen molar-refractivity contribution in [3.05, 3.63) is 23.3 Å². The molecular formula is C11H15F3N2OS. The predicted molar refractivity (Wildman–Crippen MR) is 67.1 cm³/mol. The van der Waals surface area contributed by atoms with Crippen LogP contribution in [-0.4, -0.2) is 36.1 Å². The van der Waals surface area contributed by atoms with Crippen LogP contribution < -0.4 is 10.6 Å². The monoisotopic (exact) mass is 280 g/mol. The highest BCUT2D eigenvalue weighted by atomic mass is 32.1. The normalized spacial score (nSPS) is 15.8. The molecule has 0 aromatic heterocycles. The molecule has 3 N–H and O–H groups in total. The van der Waals surface area contributed by atoms with Gasteiger partial charge in [0.05, 0.1) is 12.2 Å². The van der Waals surface area contributed by atoms with E-state index in [9.17, 15) is 13.2 Å². The molecule has 3 nitrogen and oxygen atoms in total. The lowest BCUT2D eigenvalue weighted by molar-refractivity contribution is -0.0899. The Balaban J connectivity index is 2.53. The van der Waals surface area contributed by atoms with E-state index in [1.807, 2.05) is 0 Å². The number of halogens is 3. The molecule has 7 heteroatoms. The van der Waals surface area contributed by atoms with Crippen LogP contribution in [-0.2, 0) is 0 Å². The summed E-state index contributed by atoms with van der Waals surface area (Å²) in [4.78, 5) is 0. The van der Waals surface area contributed by atoms with Crippen LogP contribution in [0.3, 0.4) is 0 Å². The summed E-state index contributed by atoms with van der Waals surface area (Å²) < 4.78 is 38.1. The maximum absolute atomic E-state index is 12.7. The van der Waals surface area contributed by atoms with Crippen molar-refractivity contribution in [1.29, 1.82) is 0 Å². The van der Waals surface area contributed by atoms with Gasteiger partial charge in [0, 0.05) is 13.1 Å². The first-order valence-electron chi connectivity index (χ1n) is 5.54. The average molecular weight is 280 g/mol. The Kier molecular flexibility index (Phi) is 5.61. The number of alkyl halides is 3. The number of rotatable bonds is 4. The molecule has 0 atom stereocenters. The summed E-state index contributed by atoms with van der Waals surface area (Å²) in [6.07, 6.45) is -0.529. The third kappa shape index (κ3) is 4.66. The topological polar surface area (TPSA) is 44.3 Å². The third-order valence-corrected chi connectivity index (χ3v) is 2.68. The van der Waals surface area contributed by atoms with Crippen LogP contribution in [0.2, 0.25) is 0 Å². The van der Waals surface area contributed by atoms with Gasteiger partial charge in [0.15, 0.2) is 5.11 Å². The summed E-state index contributed by atoms with van der Waals surface area (Å²) in [5, 5.41) is 14.2. The molecule has 0 unspecified atom stereocenters. The van der Waals surface area contributed by atoms with E-state index in [2.05, 4.69) is 10.6 Å². The van der Waals surface area contributed by atoms with Crippen molar-refractivity contribution in [3.63, 3.8) is 0 Å². The zero-order chi connectivity index (χ0) is 13.6. The Morgan fingerprint density at radius 2 is 1.94 bits per heavy atom. The zero-order valence-corrected chi connectivity index (χ0v) is 10.5. The first-order chi connectivity index (χ1) is 8.45. The maximum Gasteiger partial charge on any atom is 0.416 e. The number of allylic oxidation sites excluding steroid dienone is 2. The Labute approximate surface area is 109 Å². The van der Waals surface area contributed by atoms with Crippen LogP contribution in [0.4, 0.5) is 13.2 Å². The molecule has 1 rings (SSSR count). The van der Waals surface area contributed by atoms with E-state index >= 15 is 0 Å². The minimum atomic E-state index is -4.33. The van der Waals surface area contributed by atoms with Gasteiger partial charge in [-0.15, -0.1) is 0 Å². The molecule has 0 aromatic carbocycles. The van der Waals surface area contributed by atoms with Gasteiger partial charge in [-0.1, -0.05) is 12.2 Å². The fraction of sp³-hybridized carbons (Fsp3) is 0.545. The molecule has 0 spiro atoms. The van der Waals surface area contributed by atoms with Gasteiger partial charge in [0.25, 0.3) is 0 Å². The highest BCUT2D eigenvalue weighted by Crippen LogP contribution is 2.33. The van der Waals surface area contributed by atoms with Crippen molar-refractivity contribution in [2.75, 3.05) is 19.7 Å². The molecule has 0 amide bonds. The Hall–Kier alpha value is -1.08. The maximum atomic E-state index is 12.7. The van der Waals surface area contributed by atoms with E-state index in [1.54, 1.807) is 6.08 Å². The third-order valence-electron chi connectivity index (χ3n) is 2.39. The van der Waals surface area contributed by atoms with Crippen LogP contribution >= 0.6 is 12.2 Å². The van der Waals surface area contributed by atoms with Crippen molar-refractivity contribution < 1.29 is 18.3 Å². The largest absolute Gasteiger partial charge is 0.416 e. The number of aliphatic hydroxyl groups excluding tert-OH is 1. The standard InChI is InChI=1S/C11H15F3N2OS/c12-11(13,14)9-4-2-1-3-8(9)7-16-10(18)15-5-6-17/h3-4,17H,1-2,5-7H2,(H2,15,16,18). The van der Waals surface area contributed by atoms with Gasteiger partial charge in [0.2, 0.25) is 0 Å². The van der Waals surface area contributed by atoms with Crippen molar-refractivity contribution in [2.45, 2.75) is 19.0 Å². The Morgan fingerprint density at radius 3 is 2.56 bits per heavy atom. The highest BCUT2D eigenvalue weighted by Gasteiger charge is 2.36. The smallest absolute Gasteiger partial charge is 0.395 e. The lowest BCUT2D eigenvalue weighted by Gasteiger charge is -2.20. The number of hydrogen-bond donors (Lipinski definition) is 3. The first-order valence-corrected chi connectivity index (χ1v) is 5.95. The van der Waals surface area contributed by atoms with E-state index in [0.717, 1.165) is 0 Å². The molecule has 0 saturated heterocycles. The summed E-state index contributed by atoms with van der Waals surface area (Å²) in [5.41, 5.74) is -0.381. The quantitative estimate of drug-likeness (QED) is 0.685. The highest BCUT2D eigenvalue weighted by molar-refractivity contribution is 7.80. The fourth-order valence-electron chi connectivity index (χ4n) is 1.60. The average Bonchev–Trinajstić information content (AvgIpc) is 2.33. The van der Waals surface area contributed by atoms with Crippen LogP contribution in [0.1, 0.15) is 12.8 Å². The van der Waals surface area contributed by atoms with E-state index in [-0.39, 0.29) is 30.4 Å². The van der Waals surface area contributed by atoms with Gasteiger partial charge in [-0.3, -0.25) is 0 Å². The molecule has 0 aromatic rings. The van der Waals surface area contributed by atoms with E-state index in [4.69, 9.17) is 17.3 Å². The predicted octanol–water partition coefficient (Wildman–Crippen LogP) is 1.65. The lowest BCUT2D eigenvalue weighted by atomic mass is 9.97. The van der Waals surface area contributed by atoms with Crippen molar-refractivity contribution >= 4 is 17.3 Å². The molecule has 0 saturated carbocycles. The minimum Gasteiger partial charge on any atom is -0.395 e. The molecular weight excluding hydrogens is 265 g/mol. The Morgan fingerprint density at radius 1 is 1.28 bits per heavy atom. The van der Waals surface area contributed by atoms with Gasteiger partial charge < -0.3 is 15.7 Å². The second-order valence-corrected chi connectivity index (χ2v) is 4.16. The van der Waals surface area contributed by atoms with Crippen molar-refractivity contribution in [2.24, 2.45) is 0 Å². The molecule has 0 fully saturated rings. The second kappa shape index (κ2) is 6.75. The number of aliphatic hydroxyl groups is 1. The molecule has 102 valence electrons. The van der Waals surface area contributed by atoms with Crippen LogP contribution in [0.5, 0.6) is 0 Å². The van der Waals surface area contributed by atoms with Gasteiger partial charge >= 0.3 is 6.18 Å². The molecule has 0 radical (unpaired) electrons. The van der Waals surface area contributed by atoms with Gasteiger partial charge in [-0.2, -0.15) is 13.2 Å². The second-order valence-electron chi connectivity index (χ2n) is 3.76. The fourth-order valence-corrected chi connectivity index (χ4v) is 1.77. The van der Waals surface area contributed by atoms with E-state index < -0.39 is 11.7 Å². The van der Waals surface area contributed by atoms with E-state index in [1.165, 1.54) is 6.08 Å². The molecule has 1 aliphatic rings. The Bertz CT molecular complexity index is 364. The SMILES string of the molecule is OCCNC(=S)NCC1=CCCC=C1C(F)(F)F. The van der Waals surface area contributed by atoms with Crippen molar-refractivity contribution in [1.82, 2.24) is 10.6 Å². The van der Waals surface area contributed by atoms with Crippen LogP contribution in [0.15, 0.2) is 23.3 Å². The summed E-state index contributed by atoms with van der Waals surface area (Å²) >= 11 is 4.86. The van der Waals surface area contributed by atoms with Crippen LogP contribution in [0, 0.1) is 0 Å². The molecule has 18 heavy (non-hydrogen) atoms. The lowest BCUT2D eigenvalue weighted by Crippen LogP contribution is -2.38. The van der Waals surface area contributed by atoms with Crippen LogP contribution in [0.25, 0.3) is 0 Å². The number of thiocarbonyl (C=S) groups is 1. The minimum absolute atomic E-state index is 0.0304.